The van der Waals surface area contributed by atoms with Gasteiger partial charge in [-0.3, -0.25) is 9.80 Å². The van der Waals surface area contributed by atoms with Crippen LogP contribution in [0.15, 0.2) is 70.5 Å². The molecule has 0 aromatic heterocycles. The van der Waals surface area contributed by atoms with Crippen molar-refractivity contribution in [1.29, 1.82) is 10.5 Å². The maximum absolute atomic E-state index is 13.2. The highest BCUT2D eigenvalue weighted by Crippen LogP contribution is 2.44. The molecule has 2 aliphatic carbocycles. The first-order valence-electron chi connectivity index (χ1n) is 29.8. The number of nitrogens with zero attached hydrogens (tertiary/aromatic N) is 4. The molecule has 2 fully saturated rings. The summed E-state index contributed by atoms with van der Waals surface area (Å²) in [6.45, 7) is 13.5. The van der Waals surface area contributed by atoms with Crippen LogP contribution in [0.2, 0.25) is 10.0 Å². The summed E-state index contributed by atoms with van der Waals surface area (Å²) in [6.07, 6.45) is 1.80. The Morgan fingerprint density at radius 2 is 0.898 bits per heavy atom. The van der Waals surface area contributed by atoms with E-state index in [1.807, 2.05) is 12.1 Å². The van der Waals surface area contributed by atoms with Crippen molar-refractivity contribution in [3.05, 3.63) is 115 Å². The highest BCUT2D eigenvalue weighted by Gasteiger charge is 2.42. The van der Waals surface area contributed by atoms with Crippen LogP contribution in [0.3, 0.4) is 0 Å². The van der Waals surface area contributed by atoms with E-state index in [0.29, 0.717) is 82.6 Å². The molecule has 2 saturated heterocycles. The van der Waals surface area contributed by atoms with Crippen molar-refractivity contribution < 1.29 is 54.8 Å². The highest BCUT2D eigenvalue weighted by molar-refractivity contribution is 7.89. The lowest BCUT2D eigenvalue weighted by Crippen LogP contribution is -2.50. The number of carbonyl (C=O) groups excluding carboxylic acids is 2. The van der Waals surface area contributed by atoms with Gasteiger partial charge in [0.15, 0.2) is 0 Å². The summed E-state index contributed by atoms with van der Waals surface area (Å²) in [5.41, 5.74) is 5.99. The summed E-state index contributed by atoms with van der Waals surface area (Å²) in [4.78, 5) is 29.3. The second-order valence-electron chi connectivity index (χ2n) is 21.6. The van der Waals surface area contributed by atoms with Gasteiger partial charge in [-0.15, -0.1) is 0 Å². The molecule has 0 unspecified atom stereocenters. The molecule has 2 aliphatic heterocycles. The van der Waals surface area contributed by atoms with Crippen LogP contribution < -0.4 is 50.8 Å². The first kappa shape index (κ1) is 68.0. The van der Waals surface area contributed by atoms with Crippen LogP contribution in [-0.2, 0) is 51.8 Å². The molecule has 4 aromatic carbocycles. The van der Waals surface area contributed by atoms with Gasteiger partial charge in [0.1, 0.15) is 23.7 Å². The molecule has 0 saturated carbocycles. The summed E-state index contributed by atoms with van der Waals surface area (Å²) in [5, 5.41) is 38.4. The first-order chi connectivity index (χ1) is 42.5. The van der Waals surface area contributed by atoms with Crippen molar-refractivity contribution in [2.24, 2.45) is 0 Å². The monoisotopic (exact) mass is 1290 g/mol. The molecule has 28 heteroatoms. The Kier molecular flexibility index (Phi) is 26.1. The number of urea groups is 2. The summed E-state index contributed by atoms with van der Waals surface area (Å²) in [6, 6.07) is 20.5. The lowest BCUT2D eigenvalue weighted by molar-refractivity contribution is 0.0516. The van der Waals surface area contributed by atoms with Crippen molar-refractivity contribution >= 4 is 55.3 Å². The summed E-state index contributed by atoms with van der Waals surface area (Å²) >= 11 is 12.9. The number of amides is 4. The second-order valence-corrected chi connectivity index (χ2v) is 26.0. The number of hydrogen-bond donors (Lipinski definition) is 8. The third kappa shape index (κ3) is 19.3. The van der Waals surface area contributed by atoms with Crippen molar-refractivity contribution in [3.8, 4) is 23.6 Å². The molecule has 0 radical (unpaired) electrons. The number of piperazine rings is 2. The average molecular weight is 1300 g/mol. The smallest absolute Gasteiger partial charge is 0.314 e. The van der Waals surface area contributed by atoms with Gasteiger partial charge in [0.25, 0.3) is 0 Å². The second kappa shape index (κ2) is 33.8. The number of unbranched alkanes of at least 4 members (excludes halogenated alkanes) is 1. The lowest BCUT2D eigenvalue weighted by atomic mass is 10.0. The Hall–Kier alpha value is -5.92. The summed E-state index contributed by atoms with van der Waals surface area (Å²) in [7, 11) is -7.69. The van der Waals surface area contributed by atoms with E-state index in [0.717, 1.165) is 74.6 Å². The molecule has 4 atom stereocenters. The van der Waals surface area contributed by atoms with E-state index in [4.69, 9.17) is 51.6 Å². The zero-order valence-corrected chi connectivity index (χ0v) is 52.9. The van der Waals surface area contributed by atoms with E-state index in [9.17, 15) is 36.9 Å². The third-order valence-corrected chi connectivity index (χ3v) is 19.0. The minimum atomic E-state index is -3.85. The first-order valence-corrected chi connectivity index (χ1v) is 33.5. The Balaban J connectivity index is 0.593. The fourth-order valence-electron chi connectivity index (χ4n) is 11.2. The molecule has 24 nitrogen and oxygen atoms in total. The fourth-order valence-corrected chi connectivity index (χ4v) is 13.8. The SMILES string of the molecule is Cc1cc(S(=O)(=O)NCCOCCOCCNC(=O)NCCCCNC(=O)NCCOCCOCCNS(=O)(=O)c2ccc(O[C@H]3c4cc(Cl)cc(C#N)c4C[C@@H]3N3CCNCC3)c(C)c2)ccc1O[C@H]1c2cc(Cl)cc(C#N)c2C[C@@H]1N1CCNCC1. The highest BCUT2D eigenvalue weighted by atomic mass is 35.5. The van der Waals surface area contributed by atoms with Gasteiger partial charge in [0.2, 0.25) is 20.0 Å². The van der Waals surface area contributed by atoms with Gasteiger partial charge >= 0.3 is 12.1 Å². The van der Waals surface area contributed by atoms with Crippen LogP contribution in [0.1, 0.15) is 69.6 Å². The normalized spacial score (nSPS) is 18.6. The Bertz CT molecular complexity index is 3110. The Labute approximate surface area is 526 Å². The molecular weight excluding hydrogens is 1220 g/mol. The number of fused-ring (bicyclic) bond motifs is 2. The van der Waals surface area contributed by atoms with Gasteiger partial charge in [0.05, 0.1) is 98.0 Å². The number of benzene rings is 4. The molecule has 0 bridgehead atoms. The number of aryl methyl sites for hydroxylation is 2. The molecule has 4 aliphatic rings. The van der Waals surface area contributed by atoms with E-state index in [1.54, 1.807) is 50.2 Å². The lowest BCUT2D eigenvalue weighted by Gasteiger charge is -2.36. The van der Waals surface area contributed by atoms with E-state index in [2.05, 4.69) is 63.3 Å². The van der Waals surface area contributed by atoms with Crippen LogP contribution in [0.5, 0.6) is 11.5 Å². The van der Waals surface area contributed by atoms with E-state index < -0.39 is 32.3 Å². The fraction of sp³-hybridized carbons (Fsp3) is 0.533. The number of nitrogens with one attached hydrogen (secondary N) is 8. The van der Waals surface area contributed by atoms with E-state index in [-0.39, 0.29) is 113 Å². The molecule has 4 amide bonds. The van der Waals surface area contributed by atoms with E-state index >= 15 is 0 Å². The Morgan fingerprint density at radius 1 is 0.534 bits per heavy atom. The quantitative estimate of drug-likeness (QED) is 0.0313. The van der Waals surface area contributed by atoms with Crippen molar-refractivity contribution in [3.63, 3.8) is 0 Å². The molecule has 88 heavy (non-hydrogen) atoms. The topological polar surface area (TPSA) is 308 Å². The predicted octanol–water partition coefficient (Wildman–Crippen LogP) is 3.96. The molecule has 478 valence electrons. The molecule has 8 N–H and O–H groups in total. The largest absolute Gasteiger partial charge is 0.484 e. The van der Waals surface area contributed by atoms with Crippen LogP contribution in [0, 0.1) is 36.5 Å². The molecule has 2 heterocycles. The number of hydrogen-bond acceptors (Lipinski definition) is 18. The summed E-state index contributed by atoms with van der Waals surface area (Å²) in [5.74, 6) is 1.09. The van der Waals surface area contributed by atoms with Crippen molar-refractivity contribution in [1.82, 2.24) is 51.1 Å². The maximum Gasteiger partial charge on any atom is 0.314 e. The summed E-state index contributed by atoms with van der Waals surface area (Å²) < 4.78 is 93.3. The number of carbonyl (C=O) groups is 2. The minimum Gasteiger partial charge on any atom is -0.484 e. The molecule has 4 aromatic rings. The van der Waals surface area contributed by atoms with Gasteiger partial charge in [-0.05, 0) is 134 Å². The zero-order valence-electron chi connectivity index (χ0n) is 49.7. The number of nitriles is 2. The molecular formula is C60H80Cl2N12O12S2. The predicted molar refractivity (Wildman–Crippen MR) is 331 cm³/mol. The minimum absolute atomic E-state index is 0.0105. The third-order valence-electron chi connectivity index (χ3n) is 15.6. The van der Waals surface area contributed by atoms with Gasteiger partial charge < -0.3 is 60.3 Å². The van der Waals surface area contributed by atoms with Gasteiger partial charge in [0, 0.05) is 102 Å². The average Bonchev–Trinajstić information content (AvgIpc) is 2.24. The molecule has 0 spiro atoms. The number of rotatable bonds is 33. The Morgan fingerprint density at radius 3 is 1.26 bits per heavy atom. The number of sulfonamides is 2. The standard InChI is InChI=1S/C60H80Cl2N12O12S2/c1-41-31-47(5-7-55(41)85-57-51-35-45(61)33-43(39-63)49(51)37-53(57)73-19-11-65-12-20-73)87(77,78)71-17-25-83-29-27-81-23-15-69-59(75)67-9-3-4-10-68-60(76)70-16-24-82-28-30-84-26-18-72-88(79,80)48-6-8-56(42(2)32-48)86-58-52-36-46(62)34-44(40-64)50(52)38-54(58)74-21-13-66-14-22-74/h5-8,31-36,53-54,57-58,65-66,71-72H,3-4,9-30,37-38H2,1-2H3,(H2,67,69,75)(H2,68,70,76)/t53-,54-,57-,58-/m0/s1. The van der Waals surface area contributed by atoms with Crippen LogP contribution in [0.4, 0.5) is 9.59 Å². The maximum atomic E-state index is 13.2. The number of halogens is 2. The molecule has 8 rings (SSSR count). The van der Waals surface area contributed by atoms with Crippen molar-refractivity contribution in [2.75, 3.05) is 144 Å². The van der Waals surface area contributed by atoms with Gasteiger partial charge in [-0.25, -0.2) is 35.9 Å². The van der Waals surface area contributed by atoms with Crippen LogP contribution in [0.25, 0.3) is 0 Å². The number of ether oxygens (including phenoxy) is 6. The van der Waals surface area contributed by atoms with E-state index in [1.165, 1.54) is 12.1 Å². The van der Waals surface area contributed by atoms with Crippen molar-refractivity contribution in [2.45, 2.75) is 73.6 Å². The van der Waals surface area contributed by atoms with Gasteiger partial charge in [-0.2, -0.15) is 10.5 Å². The van der Waals surface area contributed by atoms with Crippen LogP contribution in [-0.4, -0.2) is 195 Å². The van der Waals surface area contributed by atoms with Crippen LogP contribution >= 0.6 is 23.2 Å². The zero-order chi connectivity index (χ0) is 62.5. The van der Waals surface area contributed by atoms with Gasteiger partial charge in [-0.1, -0.05) is 23.2 Å².